The summed E-state index contributed by atoms with van der Waals surface area (Å²) in [5, 5.41) is 0.647. The van der Waals surface area contributed by atoms with E-state index in [-0.39, 0.29) is 5.56 Å². The third-order valence-electron chi connectivity index (χ3n) is 3.63. The Morgan fingerprint density at radius 2 is 1.95 bits per heavy atom. The van der Waals surface area contributed by atoms with E-state index in [2.05, 4.69) is 42.7 Å². The van der Waals surface area contributed by atoms with Crippen LogP contribution in [0.25, 0.3) is 10.9 Å². The number of nitrogens with zero attached hydrogens (tertiary/aromatic N) is 2. The van der Waals surface area contributed by atoms with Gasteiger partial charge in [-0.15, -0.1) is 0 Å². The molecule has 1 heterocycles. The SMILES string of the molecule is CC(C)CC(C)N(C)Cc1nc2ccccc2c(=O)[nH]1. The number of hydrogen-bond donors (Lipinski definition) is 1. The number of para-hydroxylation sites is 1. The maximum atomic E-state index is 12.0. The molecule has 0 aliphatic rings. The van der Waals surface area contributed by atoms with Crippen molar-refractivity contribution in [3.8, 4) is 0 Å². The van der Waals surface area contributed by atoms with Crippen molar-refractivity contribution in [3.63, 3.8) is 0 Å². The smallest absolute Gasteiger partial charge is 0.258 e. The summed E-state index contributed by atoms with van der Waals surface area (Å²) in [6.07, 6.45) is 1.13. The summed E-state index contributed by atoms with van der Waals surface area (Å²) >= 11 is 0. The maximum Gasteiger partial charge on any atom is 0.258 e. The first-order chi connectivity index (χ1) is 9.47. The molecule has 2 rings (SSSR count). The lowest BCUT2D eigenvalue weighted by Gasteiger charge is -2.25. The van der Waals surface area contributed by atoms with Crippen LogP contribution < -0.4 is 5.56 Å². The van der Waals surface area contributed by atoms with Crippen molar-refractivity contribution >= 4 is 10.9 Å². The Hall–Kier alpha value is -1.68. The minimum Gasteiger partial charge on any atom is -0.309 e. The van der Waals surface area contributed by atoms with Crippen molar-refractivity contribution in [3.05, 3.63) is 40.4 Å². The molecule has 0 spiro atoms. The molecule has 1 aromatic heterocycles. The molecule has 0 amide bonds. The second-order valence-corrected chi connectivity index (χ2v) is 5.92. The fourth-order valence-corrected chi connectivity index (χ4v) is 2.46. The molecular weight excluding hydrogens is 250 g/mol. The minimum atomic E-state index is -0.0597. The zero-order chi connectivity index (χ0) is 14.7. The molecule has 0 bridgehead atoms. The molecule has 0 radical (unpaired) electrons. The molecule has 108 valence electrons. The van der Waals surface area contributed by atoms with Crippen molar-refractivity contribution in [1.29, 1.82) is 0 Å². The van der Waals surface area contributed by atoms with Gasteiger partial charge in [-0.05, 0) is 38.4 Å². The molecule has 1 aromatic carbocycles. The molecule has 1 N–H and O–H groups in total. The van der Waals surface area contributed by atoms with Crippen molar-refractivity contribution in [2.75, 3.05) is 7.05 Å². The van der Waals surface area contributed by atoms with Gasteiger partial charge in [0.1, 0.15) is 5.82 Å². The lowest BCUT2D eigenvalue weighted by Crippen LogP contribution is -2.31. The Labute approximate surface area is 119 Å². The van der Waals surface area contributed by atoms with Crippen LogP contribution in [0.5, 0.6) is 0 Å². The standard InChI is InChI=1S/C16H23N3O/c1-11(2)9-12(3)19(4)10-15-17-14-8-6-5-7-13(14)16(20)18-15/h5-8,11-12H,9-10H2,1-4H3,(H,17,18,20). The van der Waals surface area contributed by atoms with E-state index < -0.39 is 0 Å². The molecule has 0 aliphatic carbocycles. The Bertz CT molecular complexity index is 633. The third kappa shape index (κ3) is 3.45. The minimum absolute atomic E-state index is 0.0597. The molecule has 20 heavy (non-hydrogen) atoms. The van der Waals surface area contributed by atoms with Crippen LogP contribution in [0.2, 0.25) is 0 Å². The summed E-state index contributed by atoms with van der Waals surface area (Å²) in [7, 11) is 2.07. The number of fused-ring (bicyclic) bond motifs is 1. The highest BCUT2D eigenvalue weighted by Crippen LogP contribution is 2.12. The van der Waals surface area contributed by atoms with Gasteiger partial charge in [-0.3, -0.25) is 9.69 Å². The summed E-state index contributed by atoms with van der Waals surface area (Å²) in [5.74, 6) is 1.39. The second kappa shape index (κ2) is 6.18. The number of nitrogens with one attached hydrogen (secondary N) is 1. The fourth-order valence-electron chi connectivity index (χ4n) is 2.46. The van der Waals surface area contributed by atoms with Crippen molar-refractivity contribution in [2.24, 2.45) is 5.92 Å². The van der Waals surface area contributed by atoms with Crippen molar-refractivity contribution in [1.82, 2.24) is 14.9 Å². The molecule has 0 fully saturated rings. The van der Waals surface area contributed by atoms with Gasteiger partial charge < -0.3 is 4.98 Å². The molecule has 0 aliphatic heterocycles. The van der Waals surface area contributed by atoms with Crippen LogP contribution in [0.3, 0.4) is 0 Å². The molecule has 1 unspecified atom stereocenters. The highest BCUT2D eigenvalue weighted by Gasteiger charge is 2.13. The lowest BCUT2D eigenvalue weighted by atomic mass is 10.0. The van der Waals surface area contributed by atoms with Crippen LogP contribution in [0.1, 0.15) is 33.0 Å². The summed E-state index contributed by atoms with van der Waals surface area (Å²) < 4.78 is 0. The monoisotopic (exact) mass is 273 g/mol. The van der Waals surface area contributed by atoms with Crippen molar-refractivity contribution < 1.29 is 0 Å². The summed E-state index contributed by atoms with van der Waals surface area (Å²) in [4.78, 5) is 21.7. The number of aromatic amines is 1. The Balaban J connectivity index is 2.19. The van der Waals surface area contributed by atoms with E-state index in [0.717, 1.165) is 17.8 Å². The van der Waals surface area contributed by atoms with Crippen LogP contribution in [0, 0.1) is 5.92 Å². The van der Waals surface area contributed by atoms with E-state index in [0.29, 0.717) is 23.9 Å². The van der Waals surface area contributed by atoms with Gasteiger partial charge in [0.2, 0.25) is 0 Å². The van der Waals surface area contributed by atoms with Crippen LogP contribution in [0.15, 0.2) is 29.1 Å². The van der Waals surface area contributed by atoms with Crippen LogP contribution in [-0.2, 0) is 6.54 Å². The molecule has 4 nitrogen and oxygen atoms in total. The van der Waals surface area contributed by atoms with Crippen molar-refractivity contribution in [2.45, 2.75) is 39.8 Å². The Morgan fingerprint density at radius 1 is 1.25 bits per heavy atom. The maximum absolute atomic E-state index is 12.0. The van der Waals surface area contributed by atoms with Gasteiger partial charge >= 0.3 is 0 Å². The van der Waals surface area contributed by atoms with Crippen LogP contribution >= 0.6 is 0 Å². The normalized spacial score (nSPS) is 13.3. The van der Waals surface area contributed by atoms with Gasteiger partial charge in [-0.25, -0.2) is 4.98 Å². The Kier molecular flexibility index (Phi) is 4.55. The molecule has 1 atom stereocenters. The lowest BCUT2D eigenvalue weighted by molar-refractivity contribution is 0.216. The molecule has 0 saturated carbocycles. The topological polar surface area (TPSA) is 49.0 Å². The van der Waals surface area contributed by atoms with E-state index in [9.17, 15) is 4.79 Å². The zero-order valence-electron chi connectivity index (χ0n) is 12.7. The summed E-state index contributed by atoms with van der Waals surface area (Å²) in [6, 6.07) is 7.91. The van der Waals surface area contributed by atoms with E-state index in [1.54, 1.807) is 6.07 Å². The fraction of sp³-hybridized carbons (Fsp3) is 0.500. The number of aromatic nitrogens is 2. The van der Waals surface area contributed by atoms with Crippen LogP contribution in [-0.4, -0.2) is 28.0 Å². The van der Waals surface area contributed by atoms with Gasteiger partial charge in [0.15, 0.2) is 0 Å². The van der Waals surface area contributed by atoms with Gasteiger partial charge in [-0.2, -0.15) is 0 Å². The number of H-pyrrole nitrogens is 1. The van der Waals surface area contributed by atoms with E-state index >= 15 is 0 Å². The van der Waals surface area contributed by atoms with Gasteiger partial charge in [0, 0.05) is 6.04 Å². The predicted molar refractivity (Wildman–Crippen MR) is 82.7 cm³/mol. The average Bonchev–Trinajstić information content (AvgIpc) is 2.38. The zero-order valence-corrected chi connectivity index (χ0v) is 12.7. The van der Waals surface area contributed by atoms with Gasteiger partial charge in [-0.1, -0.05) is 26.0 Å². The van der Waals surface area contributed by atoms with Crippen LogP contribution in [0.4, 0.5) is 0 Å². The molecule has 4 heteroatoms. The van der Waals surface area contributed by atoms with E-state index in [1.807, 2.05) is 18.2 Å². The largest absolute Gasteiger partial charge is 0.309 e. The van der Waals surface area contributed by atoms with Gasteiger partial charge in [0.05, 0.1) is 17.4 Å². The molecular formula is C16H23N3O. The predicted octanol–water partition coefficient (Wildman–Crippen LogP) is 2.79. The third-order valence-corrected chi connectivity index (χ3v) is 3.63. The number of benzene rings is 1. The highest BCUT2D eigenvalue weighted by molar-refractivity contribution is 5.77. The quantitative estimate of drug-likeness (QED) is 0.911. The summed E-state index contributed by atoms with van der Waals surface area (Å²) in [5.41, 5.74) is 0.701. The molecule has 2 aromatic rings. The van der Waals surface area contributed by atoms with E-state index in [1.165, 1.54) is 0 Å². The second-order valence-electron chi connectivity index (χ2n) is 5.92. The Morgan fingerprint density at radius 3 is 2.65 bits per heavy atom. The molecule has 0 saturated heterocycles. The first kappa shape index (κ1) is 14.7. The number of rotatable bonds is 5. The van der Waals surface area contributed by atoms with Gasteiger partial charge in [0.25, 0.3) is 5.56 Å². The highest BCUT2D eigenvalue weighted by atomic mass is 16.1. The number of hydrogen-bond acceptors (Lipinski definition) is 3. The van der Waals surface area contributed by atoms with E-state index in [4.69, 9.17) is 0 Å². The first-order valence-corrected chi connectivity index (χ1v) is 7.15. The average molecular weight is 273 g/mol. The summed E-state index contributed by atoms with van der Waals surface area (Å²) in [6.45, 7) is 7.31. The first-order valence-electron chi connectivity index (χ1n) is 7.15.